The maximum atomic E-state index is 9.04. The summed E-state index contributed by atoms with van der Waals surface area (Å²) >= 11 is 0. The molecule has 0 amide bonds. The second-order valence-electron chi connectivity index (χ2n) is 4.14. The molecule has 0 bridgehead atoms. The smallest absolute Gasteiger partial charge is 0.106 e. The molecule has 0 atom stereocenters. The standard InChI is InChI=1S/C10H19N3/c1-12-10(8-11)6-4-9(5-7-10)13(2)3/h9,12H,4-7H2,1-3H3. The summed E-state index contributed by atoms with van der Waals surface area (Å²) in [6, 6.07) is 3.06. The molecular weight excluding hydrogens is 162 g/mol. The average molecular weight is 181 g/mol. The van der Waals surface area contributed by atoms with Crippen molar-refractivity contribution in [1.29, 1.82) is 5.26 Å². The third kappa shape index (κ3) is 2.20. The summed E-state index contributed by atoms with van der Waals surface area (Å²) < 4.78 is 0. The average Bonchev–Trinajstić information content (AvgIpc) is 2.18. The van der Waals surface area contributed by atoms with E-state index in [0.29, 0.717) is 6.04 Å². The SMILES string of the molecule is CNC1(C#N)CCC(N(C)C)CC1. The first-order valence-electron chi connectivity index (χ1n) is 4.90. The van der Waals surface area contributed by atoms with E-state index in [1.807, 2.05) is 7.05 Å². The van der Waals surface area contributed by atoms with E-state index in [1.54, 1.807) is 0 Å². The van der Waals surface area contributed by atoms with E-state index < -0.39 is 0 Å². The van der Waals surface area contributed by atoms with Gasteiger partial charge in [0.1, 0.15) is 5.54 Å². The van der Waals surface area contributed by atoms with Crippen molar-refractivity contribution in [3.8, 4) is 6.07 Å². The molecule has 0 aromatic heterocycles. The number of hydrogen-bond donors (Lipinski definition) is 1. The Labute approximate surface area is 80.7 Å². The van der Waals surface area contributed by atoms with Crippen molar-refractivity contribution in [2.75, 3.05) is 21.1 Å². The molecule has 3 heteroatoms. The lowest BCUT2D eigenvalue weighted by Crippen LogP contribution is -2.47. The predicted octanol–water partition coefficient (Wildman–Crippen LogP) is 0.972. The van der Waals surface area contributed by atoms with Crippen LogP contribution in [0.4, 0.5) is 0 Å². The molecule has 3 nitrogen and oxygen atoms in total. The third-order valence-electron chi connectivity index (χ3n) is 3.23. The molecule has 1 rings (SSSR count). The van der Waals surface area contributed by atoms with Crippen molar-refractivity contribution >= 4 is 0 Å². The zero-order valence-electron chi connectivity index (χ0n) is 8.80. The summed E-state index contributed by atoms with van der Waals surface area (Å²) in [5.41, 5.74) is -0.244. The summed E-state index contributed by atoms with van der Waals surface area (Å²) in [6.07, 6.45) is 4.20. The minimum atomic E-state index is -0.244. The molecule has 74 valence electrons. The highest BCUT2D eigenvalue weighted by atomic mass is 15.1. The van der Waals surface area contributed by atoms with Gasteiger partial charge in [-0.3, -0.25) is 0 Å². The lowest BCUT2D eigenvalue weighted by Gasteiger charge is -2.37. The number of rotatable bonds is 2. The summed E-state index contributed by atoms with van der Waals surface area (Å²) in [7, 11) is 6.12. The van der Waals surface area contributed by atoms with Crippen molar-refractivity contribution < 1.29 is 0 Å². The molecule has 0 heterocycles. The fourth-order valence-corrected chi connectivity index (χ4v) is 2.03. The molecule has 1 aliphatic rings. The second-order valence-corrected chi connectivity index (χ2v) is 4.14. The van der Waals surface area contributed by atoms with Crippen LogP contribution < -0.4 is 5.32 Å². The first kappa shape index (κ1) is 10.5. The van der Waals surface area contributed by atoms with Crippen LogP contribution in [0.3, 0.4) is 0 Å². The molecule has 0 unspecified atom stereocenters. The van der Waals surface area contributed by atoms with Gasteiger partial charge in [-0.05, 0) is 46.8 Å². The molecule has 1 aliphatic carbocycles. The fraction of sp³-hybridized carbons (Fsp3) is 0.900. The molecule has 0 aromatic carbocycles. The van der Waals surface area contributed by atoms with Gasteiger partial charge in [0, 0.05) is 6.04 Å². The van der Waals surface area contributed by atoms with Gasteiger partial charge in [0.2, 0.25) is 0 Å². The van der Waals surface area contributed by atoms with E-state index in [4.69, 9.17) is 5.26 Å². The van der Waals surface area contributed by atoms with Crippen LogP contribution in [0.25, 0.3) is 0 Å². The molecule has 13 heavy (non-hydrogen) atoms. The van der Waals surface area contributed by atoms with E-state index in [-0.39, 0.29) is 5.54 Å². The highest BCUT2D eigenvalue weighted by molar-refractivity contribution is 5.09. The summed E-state index contributed by atoms with van der Waals surface area (Å²) in [5, 5.41) is 12.2. The molecule has 0 saturated heterocycles. The number of hydrogen-bond acceptors (Lipinski definition) is 3. The topological polar surface area (TPSA) is 39.1 Å². The Morgan fingerprint density at radius 1 is 1.38 bits per heavy atom. The Morgan fingerprint density at radius 3 is 2.23 bits per heavy atom. The van der Waals surface area contributed by atoms with Crippen LogP contribution in [0.15, 0.2) is 0 Å². The first-order valence-corrected chi connectivity index (χ1v) is 4.90. The van der Waals surface area contributed by atoms with Gasteiger partial charge < -0.3 is 10.2 Å². The van der Waals surface area contributed by atoms with Gasteiger partial charge in [0.15, 0.2) is 0 Å². The Morgan fingerprint density at radius 2 is 1.92 bits per heavy atom. The molecule has 0 aliphatic heterocycles. The van der Waals surface area contributed by atoms with Crippen LogP contribution >= 0.6 is 0 Å². The van der Waals surface area contributed by atoms with Crippen LogP contribution in [-0.4, -0.2) is 37.6 Å². The molecule has 0 spiro atoms. The van der Waals surface area contributed by atoms with Crippen LogP contribution in [0.1, 0.15) is 25.7 Å². The Bertz CT molecular complexity index is 197. The number of nitriles is 1. The molecule has 1 fully saturated rings. The highest BCUT2D eigenvalue weighted by Gasteiger charge is 2.34. The summed E-state index contributed by atoms with van der Waals surface area (Å²) in [6.45, 7) is 0. The molecule has 0 radical (unpaired) electrons. The number of nitrogens with one attached hydrogen (secondary N) is 1. The second kappa shape index (κ2) is 4.08. The van der Waals surface area contributed by atoms with E-state index in [2.05, 4.69) is 30.4 Å². The minimum Gasteiger partial charge on any atom is -0.306 e. The van der Waals surface area contributed by atoms with Gasteiger partial charge >= 0.3 is 0 Å². The van der Waals surface area contributed by atoms with Crippen molar-refractivity contribution in [2.45, 2.75) is 37.3 Å². The zero-order valence-corrected chi connectivity index (χ0v) is 8.80. The van der Waals surface area contributed by atoms with Gasteiger partial charge in [0.25, 0.3) is 0 Å². The Kier molecular flexibility index (Phi) is 3.29. The minimum absolute atomic E-state index is 0.244. The van der Waals surface area contributed by atoms with Crippen molar-refractivity contribution in [1.82, 2.24) is 10.2 Å². The summed E-state index contributed by atoms with van der Waals surface area (Å²) in [4.78, 5) is 2.26. The normalized spacial score (nSPS) is 34.5. The molecule has 1 saturated carbocycles. The van der Waals surface area contributed by atoms with E-state index >= 15 is 0 Å². The third-order valence-corrected chi connectivity index (χ3v) is 3.23. The molecular formula is C10H19N3. The monoisotopic (exact) mass is 181 g/mol. The Hall–Kier alpha value is -0.590. The van der Waals surface area contributed by atoms with Crippen molar-refractivity contribution in [2.24, 2.45) is 0 Å². The lowest BCUT2D eigenvalue weighted by atomic mass is 9.80. The maximum absolute atomic E-state index is 9.04. The van der Waals surface area contributed by atoms with Crippen molar-refractivity contribution in [3.63, 3.8) is 0 Å². The van der Waals surface area contributed by atoms with Gasteiger partial charge in [-0.1, -0.05) is 0 Å². The largest absolute Gasteiger partial charge is 0.306 e. The Balaban J connectivity index is 2.51. The van der Waals surface area contributed by atoms with Crippen LogP contribution in [0.2, 0.25) is 0 Å². The zero-order chi connectivity index (χ0) is 9.90. The highest BCUT2D eigenvalue weighted by Crippen LogP contribution is 2.29. The maximum Gasteiger partial charge on any atom is 0.106 e. The van der Waals surface area contributed by atoms with E-state index in [9.17, 15) is 0 Å². The van der Waals surface area contributed by atoms with E-state index in [0.717, 1.165) is 25.7 Å². The van der Waals surface area contributed by atoms with Gasteiger partial charge in [-0.25, -0.2) is 0 Å². The van der Waals surface area contributed by atoms with Gasteiger partial charge in [0.05, 0.1) is 6.07 Å². The predicted molar refractivity (Wildman–Crippen MR) is 53.3 cm³/mol. The van der Waals surface area contributed by atoms with Crippen LogP contribution in [0.5, 0.6) is 0 Å². The number of nitrogens with zero attached hydrogens (tertiary/aromatic N) is 2. The molecule has 1 N–H and O–H groups in total. The lowest BCUT2D eigenvalue weighted by molar-refractivity contribution is 0.182. The van der Waals surface area contributed by atoms with Crippen LogP contribution in [-0.2, 0) is 0 Å². The quantitative estimate of drug-likeness (QED) is 0.690. The van der Waals surface area contributed by atoms with E-state index in [1.165, 1.54) is 0 Å². The van der Waals surface area contributed by atoms with Gasteiger partial charge in [-0.2, -0.15) is 5.26 Å². The van der Waals surface area contributed by atoms with Gasteiger partial charge in [-0.15, -0.1) is 0 Å². The molecule has 0 aromatic rings. The summed E-state index contributed by atoms with van der Waals surface area (Å²) in [5.74, 6) is 0. The van der Waals surface area contributed by atoms with Crippen molar-refractivity contribution in [3.05, 3.63) is 0 Å². The van der Waals surface area contributed by atoms with Crippen LogP contribution in [0, 0.1) is 11.3 Å². The fourth-order valence-electron chi connectivity index (χ4n) is 2.03. The first-order chi connectivity index (χ1) is 6.13.